The summed E-state index contributed by atoms with van der Waals surface area (Å²) >= 11 is 1.57. The molecule has 1 aliphatic carbocycles. The number of thiazole rings is 1. The van der Waals surface area contributed by atoms with E-state index in [-0.39, 0.29) is 18.1 Å². The van der Waals surface area contributed by atoms with Crippen molar-refractivity contribution in [3.05, 3.63) is 33.8 Å². The van der Waals surface area contributed by atoms with Crippen LogP contribution in [0.3, 0.4) is 0 Å². The van der Waals surface area contributed by atoms with Gasteiger partial charge in [0.2, 0.25) is 0 Å². The highest BCUT2D eigenvalue weighted by Gasteiger charge is 2.57. The van der Waals surface area contributed by atoms with Crippen molar-refractivity contribution in [2.75, 3.05) is 0 Å². The summed E-state index contributed by atoms with van der Waals surface area (Å²) in [6.07, 6.45) is 7.70. The van der Waals surface area contributed by atoms with E-state index in [1.807, 2.05) is 38.3 Å². The maximum absolute atomic E-state index is 13.2. The SMILES string of the molecule is C/C(=C\c1csc(C)n1)[C@@H]1C/C=C\CCC[C@@H](C)[C@@H](O)[C@H](C)C(=O)C2(CC2)[C@@H](O)CC(=O)O1. The lowest BCUT2D eigenvalue weighted by Crippen LogP contribution is -2.41. The Hall–Kier alpha value is -1.83. The van der Waals surface area contributed by atoms with Crippen LogP contribution < -0.4 is 0 Å². The fourth-order valence-corrected chi connectivity index (χ4v) is 5.28. The number of rotatable bonds is 2. The van der Waals surface area contributed by atoms with Crippen molar-refractivity contribution in [2.24, 2.45) is 17.3 Å². The number of hydrogen-bond donors (Lipinski definition) is 2. The summed E-state index contributed by atoms with van der Waals surface area (Å²) in [5.74, 6) is -1.24. The van der Waals surface area contributed by atoms with Crippen LogP contribution in [0.25, 0.3) is 6.08 Å². The van der Waals surface area contributed by atoms with E-state index in [4.69, 9.17) is 4.74 Å². The van der Waals surface area contributed by atoms with Gasteiger partial charge in [-0.1, -0.05) is 26.0 Å². The molecule has 1 spiro atoms. The zero-order valence-corrected chi connectivity index (χ0v) is 20.9. The third-order valence-corrected chi connectivity index (χ3v) is 7.92. The smallest absolute Gasteiger partial charge is 0.309 e. The minimum absolute atomic E-state index is 0.0114. The van der Waals surface area contributed by atoms with E-state index in [1.165, 1.54) is 0 Å². The van der Waals surface area contributed by atoms with E-state index in [0.717, 1.165) is 35.5 Å². The number of carbonyl (C=O) groups excluding carboxylic acids is 2. The molecular formula is C26H37NO5S. The van der Waals surface area contributed by atoms with Gasteiger partial charge in [0.25, 0.3) is 0 Å². The highest BCUT2D eigenvalue weighted by molar-refractivity contribution is 7.09. The van der Waals surface area contributed by atoms with Gasteiger partial charge in [0.05, 0.1) is 34.7 Å². The predicted octanol–water partition coefficient (Wildman–Crippen LogP) is 4.63. The number of allylic oxidation sites excluding steroid dienone is 1. The Labute approximate surface area is 200 Å². The molecule has 0 aromatic carbocycles. The third-order valence-electron chi connectivity index (χ3n) is 7.13. The molecule has 7 heteroatoms. The quantitative estimate of drug-likeness (QED) is 0.478. The molecule has 0 bridgehead atoms. The maximum atomic E-state index is 13.2. The average Bonchev–Trinajstić information content (AvgIpc) is 3.49. The number of aliphatic hydroxyl groups is 2. The molecular weight excluding hydrogens is 438 g/mol. The van der Waals surface area contributed by atoms with Gasteiger partial charge in [0.1, 0.15) is 11.9 Å². The van der Waals surface area contributed by atoms with Crippen molar-refractivity contribution in [1.82, 2.24) is 4.98 Å². The molecule has 182 valence electrons. The first-order valence-electron chi connectivity index (χ1n) is 12.0. The van der Waals surface area contributed by atoms with Crippen molar-refractivity contribution in [1.29, 1.82) is 0 Å². The van der Waals surface area contributed by atoms with Crippen molar-refractivity contribution in [3.8, 4) is 0 Å². The lowest BCUT2D eigenvalue weighted by Gasteiger charge is -2.29. The lowest BCUT2D eigenvalue weighted by atomic mass is 9.79. The molecule has 0 unspecified atom stereocenters. The first-order valence-corrected chi connectivity index (χ1v) is 12.9. The summed E-state index contributed by atoms with van der Waals surface area (Å²) in [6.45, 7) is 7.58. The van der Waals surface area contributed by atoms with E-state index in [0.29, 0.717) is 19.3 Å². The largest absolute Gasteiger partial charge is 0.457 e. The molecule has 0 amide bonds. The predicted molar refractivity (Wildman–Crippen MR) is 130 cm³/mol. The zero-order valence-electron chi connectivity index (χ0n) is 20.1. The summed E-state index contributed by atoms with van der Waals surface area (Å²) in [6, 6.07) is 0. The molecule has 0 saturated heterocycles. The highest BCUT2D eigenvalue weighted by Crippen LogP contribution is 2.52. The number of Topliss-reactive ketones (excluding diaryl/α,β-unsaturated/α-hetero) is 1. The van der Waals surface area contributed by atoms with Gasteiger partial charge in [-0.25, -0.2) is 4.98 Å². The second-order valence-electron chi connectivity index (χ2n) is 9.79. The van der Waals surface area contributed by atoms with Crippen LogP contribution in [0.15, 0.2) is 23.1 Å². The Balaban J connectivity index is 1.80. The van der Waals surface area contributed by atoms with Gasteiger partial charge in [0, 0.05) is 17.7 Å². The summed E-state index contributed by atoms with van der Waals surface area (Å²) in [5, 5.41) is 24.5. The fraction of sp³-hybridized carbons (Fsp3) is 0.654. The number of aromatic nitrogens is 1. The monoisotopic (exact) mass is 475 g/mol. The molecule has 1 aromatic heterocycles. The van der Waals surface area contributed by atoms with Gasteiger partial charge >= 0.3 is 5.97 Å². The van der Waals surface area contributed by atoms with Crippen molar-refractivity contribution in [3.63, 3.8) is 0 Å². The van der Waals surface area contributed by atoms with Crippen LogP contribution in [0.5, 0.6) is 0 Å². The van der Waals surface area contributed by atoms with Crippen LogP contribution in [-0.4, -0.2) is 45.3 Å². The number of cyclic esters (lactones) is 1. The van der Waals surface area contributed by atoms with E-state index in [1.54, 1.807) is 18.3 Å². The first kappa shape index (κ1) is 25.8. The molecule has 6 nitrogen and oxygen atoms in total. The molecule has 2 aliphatic rings. The van der Waals surface area contributed by atoms with E-state index < -0.39 is 35.6 Å². The molecule has 1 saturated carbocycles. The van der Waals surface area contributed by atoms with Crippen LogP contribution in [0.1, 0.15) is 76.4 Å². The summed E-state index contributed by atoms with van der Waals surface area (Å²) < 4.78 is 5.78. The molecule has 1 aromatic rings. The van der Waals surface area contributed by atoms with Gasteiger partial charge < -0.3 is 14.9 Å². The number of carbonyl (C=O) groups is 2. The second kappa shape index (κ2) is 11.1. The number of esters is 1. The molecule has 0 radical (unpaired) electrons. The number of hydrogen-bond acceptors (Lipinski definition) is 7. The van der Waals surface area contributed by atoms with E-state index in [2.05, 4.69) is 11.1 Å². The van der Waals surface area contributed by atoms with Crippen molar-refractivity contribution in [2.45, 2.75) is 91.0 Å². The van der Waals surface area contributed by atoms with Gasteiger partial charge in [-0.3, -0.25) is 9.59 Å². The number of aliphatic hydroxyl groups excluding tert-OH is 2. The Morgan fingerprint density at radius 3 is 2.61 bits per heavy atom. The van der Waals surface area contributed by atoms with Gasteiger partial charge in [0.15, 0.2) is 0 Å². The van der Waals surface area contributed by atoms with Crippen molar-refractivity contribution >= 4 is 29.2 Å². The Morgan fingerprint density at radius 1 is 1.24 bits per heavy atom. The van der Waals surface area contributed by atoms with Crippen molar-refractivity contribution < 1.29 is 24.5 Å². The second-order valence-corrected chi connectivity index (χ2v) is 10.9. The summed E-state index contributed by atoms with van der Waals surface area (Å²) in [4.78, 5) is 30.4. The van der Waals surface area contributed by atoms with E-state index >= 15 is 0 Å². The van der Waals surface area contributed by atoms with Gasteiger partial charge in [-0.15, -0.1) is 11.3 Å². The van der Waals surface area contributed by atoms with Gasteiger partial charge in [-0.05, 0) is 63.5 Å². The highest BCUT2D eigenvalue weighted by atomic mass is 32.1. The number of ketones is 1. The lowest BCUT2D eigenvalue weighted by molar-refractivity contribution is -0.152. The molecule has 2 heterocycles. The van der Waals surface area contributed by atoms with Crippen LogP contribution in [0, 0.1) is 24.2 Å². The molecule has 1 fully saturated rings. The molecule has 2 N–H and O–H groups in total. The van der Waals surface area contributed by atoms with Crippen LogP contribution >= 0.6 is 11.3 Å². The number of nitrogens with zero attached hydrogens (tertiary/aromatic N) is 1. The summed E-state index contributed by atoms with van der Waals surface area (Å²) in [5.41, 5.74) is 0.789. The van der Waals surface area contributed by atoms with Crippen LogP contribution in [-0.2, 0) is 14.3 Å². The Morgan fingerprint density at radius 2 is 1.97 bits per heavy atom. The topological polar surface area (TPSA) is 96.7 Å². The average molecular weight is 476 g/mol. The minimum Gasteiger partial charge on any atom is -0.457 e. The molecule has 3 rings (SSSR count). The zero-order chi connectivity index (χ0) is 24.2. The Bertz CT molecular complexity index is 900. The Kier molecular flexibility index (Phi) is 8.65. The first-order chi connectivity index (χ1) is 15.6. The van der Waals surface area contributed by atoms with Crippen LogP contribution in [0.2, 0.25) is 0 Å². The van der Waals surface area contributed by atoms with E-state index in [9.17, 15) is 19.8 Å². The number of aryl methyl sites for hydroxylation is 1. The molecule has 5 atom stereocenters. The number of ether oxygens (including phenoxy) is 1. The van der Waals surface area contributed by atoms with Gasteiger partial charge in [-0.2, -0.15) is 0 Å². The maximum Gasteiger partial charge on any atom is 0.309 e. The molecule has 33 heavy (non-hydrogen) atoms. The third kappa shape index (κ3) is 6.40. The standard InChI is InChI=1S/C26H37NO5S/c1-16-9-7-5-6-8-10-21(17(2)13-20-15-33-19(4)27-20)32-23(29)14-22(28)26(11-12-26)25(31)18(3)24(16)30/h6,8,13,15-16,18,21-22,24,28,30H,5,7,9-12,14H2,1-4H3/b8-6-,17-13+/t16-,18+,21+,22+,24-/m1/s1. The fourth-order valence-electron chi connectivity index (χ4n) is 4.71. The molecule has 1 aliphatic heterocycles. The van der Waals surface area contributed by atoms with Crippen LogP contribution in [0.4, 0.5) is 0 Å². The minimum atomic E-state index is -1.10. The normalized spacial score (nSPS) is 33.0. The summed E-state index contributed by atoms with van der Waals surface area (Å²) in [7, 11) is 0.